The minimum absolute atomic E-state index is 0. The van der Waals surface area contributed by atoms with Crippen LogP contribution in [0.2, 0.25) is 0 Å². The lowest BCUT2D eigenvalue weighted by Gasteiger charge is -2.18. The van der Waals surface area contributed by atoms with Gasteiger partial charge in [0, 0.05) is 4.90 Å². The van der Waals surface area contributed by atoms with Gasteiger partial charge in [0.1, 0.15) is 17.2 Å². The fourth-order valence-corrected chi connectivity index (χ4v) is 9.16. The summed E-state index contributed by atoms with van der Waals surface area (Å²) in [6, 6.07) is 85.5. The Morgan fingerprint density at radius 1 is 0.333 bits per heavy atom. The summed E-state index contributed by atoms with van der Waals surface area (Å²) in [6.45, 7) is 2.08. The van der Waals surface area contributed by atoms with E-state index in [9.17, 15) is 0 Å². The van der Waals surface area contributed by atoms with Crippen molar-refractivity contribution in [2.75, 3.05) is 0 Å². The number of hydrogen-bond donors (Lipinski definition) is 1. The number of hydrogen-bond acceptors (Lipinski definition) is 4. The van der Waals surface area contributed by atoms with Crippen LogP contribution in [0.3, 0.4) is 0 Å². The van der Waals surface area contributed by atoms with E-state index in [4.69, 9.17) is 13.6 Å². The third kappa shape index (κ3) is 15.2. The Hall–Kier alpha value is -6.15. The Bertz CT molecular complexity index is 2290. The molecule has 0 aliphatic heterocycles. The first-order valence-corrected chi connectivity index (χ1v) is 22.1. The van der Waals surface area contributed by atoms with Crippen molar-refractivity contribution in [3.8, 4) is 17.2 Å². The molecule has 9 rings (SSSR count). The van der Waals surface area contributed by atoms with Crippen molar-refractivity contribution in [2.45, 2.75) is 19.2 Å². The first kappa shape index (κ1) is 44.9. The normalized spacial score (nSPS) is 10.0. The molecule has 9 aromatic carbocycles. The van der Waals surface area contributed by atoms with Crippen molar-refractivity contribution in [1.82, 2.24) is 0 Å². The zero-order chi connectivity index (χ0) is 40.7. The second-order valence-corrected chi connectivity index (χ2v) is 16.7. The minimum atomic E-state index is -1.59. The molecule has 0 fully saturated rings. The Kier molecular flexibility index (Phi) is 19.0. The van der Waals surface area contributed by atoms with Crippen molar-refractivity contribution in [3.63, 3.8) is 0 Å². The zero-order valence-electron chi connectivity index (χ0n) is 32.8. The summed E-state index contributed by atoms with van der Waals surface area (Å²) < 4.78 is 17.5. The van der Waals surface area contributed by atoms with Crippen molar-refractivity contribution >= 4 is 55.8 Å². The van der Waals surface area contributed by atoms with Crippen LogP contribution in [0.15, 0.2) is 260 Å². The maximum atomic E-state index is 5.84. The molecule has 0 heterocycles. The van der Waals surface area contributed by atoms with Gasteiger partial charge in [-0.2, -0.15) is 0 Å². The summed E-state index contributed by atoms with van der Waals surface area (Å²) >= 11 is 4.26. The van der Waals surface area contributed by atoms with Gasteiger partial charge in [-0.05, 0) is 90.1 Å². The fraction of sp³-hybridized carbons (Fsp3) is 0.0370. The van der Waals surface area contributed by atoms with E-state index in [1.54, 1.807) is 0 Å². The molecule has 60 heavy (non-hydrogen) atoms. The van der Waals surface area contributed by atoms with Crippen molar-refractivity contribution in [1.29, 1.82) is 0 Å². The van der Waals surface area contributed by atoms with Gasteiger partial charge in [0.05, 0.1) is 0 Å². The third-order valence-electron chi connectivity index (χ3n) is 8.49. The lowest BCUT2D eigenvalue weighted by molar-refractivity contribution is 0.388. The zero-order valence-corrected chi connectivity index (χ0v) is 35.5. The molecule has 300 valence electrons. The molecule has 9 aromatic rings. The van der Waals surface area contributed by atoms with E-state index >= 15 is 0 Å². The summed E-state index contributed by atoms with van der Waals surface area (Å²) in [5, 5.41) is 6.71. The maximum Gasteiger partial charge on any atom is 0.530 e. The molecule has 0 amide bonds. The molecule has 0 unspecified atom stereocenters. The maximum absolute atomic E-state index is 5.84. The molecule has 0 saturated carbocycles. The highest BCUT2D eigenvalue weighted by atomic mass is 32.1. The Morgan fingerprint density at radius 2 is 0.633 bits per heavy atom. The summed E-state index contributed by atoms with van der Waals surface area (Å²) in [7, 11) is -2.04. The molecule has 0 aliphatic carbocycles. The summed E-state index contributed by atoms with van der Waals surface area (Å²) in [4.78, 5) is 1.02. The van der Waals surface area contributed by atoms with Gasteiger partial charge in [0.2, 0.25) is 0 Å². The highest BCUT2D eigenvalue weighted by molar-refractivity contribution is 7.80. The monoisotopic (exact) mass is 840 g/mol. The SMILES string of the molecule is C.Cc1ccccc1.Sc1ccc2ccccc2c1.c1ccc(OP(Oc2ccccc2)Oc2ccccc2)cc1.c1ccc(P(c2ccccc2)c2ccccc2)cc1. The van der Waals surface area contributed by atoms with Crippen LogP contribution in [-0.2, 0) is 0 Å². The standard InChI is InChI=1S/C18H15O3P.C18H15P.C10H8S.C7H8.CH4/c1-4-10-16(11-5-1)19-22(20-17-12-6-2-7-13-17)21-18-14-8-3-9-15-18;1-4-10-16(11-5-1)19(17-12-6-2-7-13-17)18-14-8-3-9-15-18;11-10-6-5-8-3-1-2-4-9(8)7-10;1-7-5-3-2-4-6-7;/h1-15H;1-15H;1-7,11H;2-6H,1H3;1H4. The van der Waals surface area contributed by atoms with Crippen molar-refractivity contribution in [2.24, 2.45) is 0 Å². The Morgan fingerprint density at radius 3 is 0.967 bits per heavy atom. The number of benzene rings is 9. The summed E-state index contributed by atoms with van der Waals surface area (Å²) in [5.41, 5.74) is 1.32. The van der Waals surface area contributed by atoms with Gasteiger partial charge in [0.15, 0.2) is 0 Å². The molecule has 0 spiro atoms. The second-order valence-electron chi connectivity index (χ2n) is 13.0. The van der Waals surface area contributed by atoms with Crippen LogP contribution in [0.1, 0.15) is 13.0 Å². The van der Waals surface area contributed by atoms with Gasteiger partial charge < -0.3 is 13.6 Å². The Balaban J connectivity index is 0.000000162. The average Bonchev–Trinajstić information content (AvgIpc) is 3.29. The molecule has 0 aromatic heterocycles. The minimum Gasteiger partial charge on any atom is -0.409 e. The van der Waals surface area contributed by atoms with Crippen LogP contribution < -0.4 is 29.5 Å². The van der Waals surface area contributed by atoms with E-state index in [0.29, 0.717) is 17.2 Å². The third-order valence-corrected chi connectivity index (χ3v) is 12.3. The van der Waals surface area contributed by atoms with Gasteiger partial charge in [-0.25, -0.2) is 0 Å². The first-order valence-electron chi connectivity index (χ1n) is 19.2. The molecular formula is C54H50O3P2S. The fourth-order valence-electron chi connectivity index (χ4n) is 5.65. The topological polar surface area (TPSA) is 27.7 Å². The molecule has 0 N–H and O–H groups in total. The lowest BCUT2D eigenvalue weighted by atomic mass is 10.1. The van der Waals surface area contributed by atoms with E-state index < -0.39 is 16.5 Å². The first-order chi connectivity index (χ1) is 29.1. The number of aryl methyl sites for hydroxylation is 1. The van der Waals surface area contributed by atoms with Crippen LogP contribution in [0.5, 0.6) is 17.2 Å². The van der Waals surface area contributed by atoms with Crippen LogP contribution >= 0.6 is 29.2 Å². The van der Waals surface area contributed by atoms with Crippen LogP contribution in [0.25, 0.3) is 10.8 Å². The Labute approximate surface area is 364 Å². The van der Waals surface area contributed by atoms with Gasteiger partial charge in [-0.3, -0.25) is 0 Å². The van der Waals surface area contributed by atoms with Crippen molar-refractivity contribution < 1.29 is 13.6 Å². The number of fused-ring (bicyclic) bond motifs is 1. The van der Waals surface area contributed by atoms with Gasteiger partial charge in [-0.1, -0.05) is 219 Å². The molecule has 6 heteroatoms. The lowest BCUT2D eigenvalue weighted by Crippen LogP contribution is -2.20. The molecule has 0 aliphatic rings. The molecule has 0 saturated heterocycles. The molecular weight excluding hydrogens is 791 g/mol. The van der Waals surface area contributed by atoms with Gasteiger partial charge in [-0.15, -0.1) is 12.6 Å². The molecule has 0 radical (unpaired) electrons. The second kappa shape index (κ2) is 25.4. The summed E-state index contributed by atoms with van der Waals surface area (Å²) in [5.74, 6) is 2.13. The number of rotatable bonds is 9. The molecule has 3 nitrogen and oxygen atoms in total. The number of thiol groups is 1. The van der Waals surface area contributed by atoms with Gasteiger partial charge in [0.25, 0.3) is 0 Å². The number of para-hydroxylation sites is 3. The van der Waals surface area contributed by atoms with E-state index in [1.807, 2.05) is 127 Å². The van der Waals surface area contributed by atoms with Crippen LogP contribution in [-0.4, -0.2) is 0 Å². The van der Waals surface area contributed by atoms with E-state index in [1.165, 1.54) is 32.2 Å². The highest BCUT2D eigenvalue weighted by Crippen LogP contribution is 2.42. The van der Waals surface area contributed by atoms with Crippen LogP contribution in [0.4, 0.5) is 0 Å². The van der Waals surface area contributed by atoms with E-state index in [2.05, 4.69) is 147 Å². The van der Waals surface area contributed by atoms with Crippen LogP contribution in [0, 0.1) is 6.92 Å². The summed E-state index contributed by atoms with van der Waals surface area (Å²) in [6.07, 6.45) is 0. The van der Waals surface area contributed by atoms with Crippen molar-refractivity contribution in [3.05, 3.63) is 260 Å². The molecule has 0 bridgehead atoms. The largest absolute Gasteiger partial charge is 0.530 e. The van der Waals surface area contributed by atoms with Gasteiger partial charge >= 0.3 is 8.60 Å². The smallest absolute Gasteiger partial charge is 0.409 e. The predicted molar refractivity (Wildman–Crippen MR) is 262 cm³/mol. The van der Waals surface area contributed by atoms with E-state index in [0.717, 1.165) is 4.90 Å². The molecule has 0 atom stereocenters. The quantitative estimate of drug-likeness (QED) is 0.116. The predicted octanol–water partition coefficient (Wildman–Crippen LogP) is 14.7. The van der Waals surface area contributed by atoms with E-state index in [-0.39, 0.29) is 7.43 Å². The average molecular weight is 841 g/mol. The highest BCUT2D eigenvalue weighted by Gasteiger charge is 2.19.